The number of aromatic nitrogens is 2. The van der Waals surface area contributed by atoms with Gasteiger partial charge in [0.15, 0.2) is 11.6 Å². The van der Waals surface area contributed by atoms with E-state index in [-0.39, 0.29) is 34.5 Å². The number of phenols is 1. The number of nitrogens with one attached hydrogen (secondary N) is 2. The zero-order valence-corrected chi connectivity index (χ0v) is 21.2. The molecule has 12 heteroatoms. The average molecular weight is 572 g/mol. The normalized spacial score (nSPS) is 20.5. The van der Waals surface area contributed by atoms with Gasteiger partial charge in [0.05, 0.1) is 37.4 Å². The number of nitrogens with zero attached hydrogens (tertiary/aromatic N) is 4. The van der Waals surface area contributed by atoms with E-state index in [4.69, 9.17) is 27.9 Å². The number of hydrazone groups is 1. The largest absolute Gasteiger partial charge is 0.506 e. The lowest BCUT2D eigenvalue weighted by Crippen LogP contribution is -2.37. The van der Waals surface area contributed by atoms with E-state index in [0.717, 1.165) is 6.20 Å². The van der Waals surface area contributed by atoms with E-state index in [0.29, 0.717) is 47.1 Å². The highest BCUT2D eigenvalue weighted by molar-refractivity contribution is 9.10. The molecule has 8 nitrogen and oxygen atoms in total. The third-order valence-electron chi connectivity index (χ3n) is 5.42. The van der Waals surface area contributed by atoms with Crippen molar-refractivity contribution in [1.82, 2.24) is 9.97 Å². The van der Waals surface area contributed by atoms with Gasteiger partial charge in [0.1, 0.15) is 10.8 Å². The van der Waals surface area contributed by atoms with Gasteiger partial charge in [0.25, 0.3) is 0 Å². The van der Waals surface area contributed by atoms with Crippen LogP contribution < -0.4 is 15.6 Å². The summed E-state index contributed by atoms with van der Waals surface area (Å²) in [6.07, 6.45) is 8.20. The molecule has 2 atom stereocenters. The van der Waals surface area contributed by atoms with Crippen LogP contribution in [0.25, 0.3) is 0 Å². The molecule has 0 saturated carbocycles. The van der Waals surface area contributed by atoms with E-state index in [1.807, 2.05) is 25.2 Å². The number of hydrogen-bond donors (Lipinski definition) is 3. The monoisotopic (exact) mass is 570 g/mol. The van der Waals surface area contributed by atoms with Gasteiger partial charge in [-0.1, -0.05) is 42.3 Å². The van der Waals surface area contributed by atoms with E-state index in [2.05, 4.69) is 41.7 Å². The predicted molar refractivity (Wildman–Crippen MR) is 137 cm³/mol. The maximum atomic E-state index is 14.2. The standard InChI is InChI=1S/C22H22BrCl2FN6O2/c1-12-3-2-4-15(24)18(12)29-19-14(23)9-13(20(33)17(19)25)10-28-31-22-27-11-16(26)21(30-22)32-5-7-34-8-6-32/h2-4,9-12,18,29,33H,5-8H2,1H3,(H,27,30,31)/b28-10-. The van der Waals surface area contributed by atoms with Crippen molar-refractivity contribution in [2.24, 2.45) is 11.0 Å². The first-order chi connectivity index (χ1) is 16.3. The molecule has 0 amide bonds. The maximum Gasteiger partial charge on any atom is 0.245 e. The Morgan fingerprint density at radius 3 is 2.85 bits per heavy atom. The number of morpholine rings is 1. The van der Waals surface area contributed by atoms with Gasteiger partial charge in [0.2, 0.25) is 5.95 Å². The van der Waals surface area contributed by atoms with Crippen LogP contribution in [-0.2, 0) is 4.74 Å². The molecule has 2 aliphatic rings. The number of phenolic OH excluding ortho intramolecular Hbond substituents is 1. The topological polar surface area (TPSA) is 94.9 Å². The lowest BCUT2D eigenvalue weighted by molar-refractivity contribution is 0.122. The lowest BCUT2D eigenvalue weighted by Gasteiger charge is -2.27. The Kier molecular flexibility index (Phi) is 7.92. The molecule has 180 valence electrons. The number of aromatic hydroxyl groups is 1. The Bertz CT molecular complexity index is 1160. The SMILES string of the molecule is CC1C=CC=C(Cl)C1Nc1c(Br)cc(/C=N\Nc2ncc(F)c(N3CCOCC3)n2)c(O)c1Cl. The van der Waals surface area contributed by atoms with Crippen molar-refractivity contribution in [2.75, 3.05) is 41.9 Å². The second-order valence-electron chi connectivity index (χ2n) is 7.74. The molecular formula is C22H22BrCl2FN6O2. The summed E-state index contributed by atoms with van der Waals surface area (Å²) >= 11 is 16.3. The van der Waals surface area contributed by atoms with Crippen LogP contribution >= 0.6 is 39.1 Å². The zero-order valence-electron chi connectivity index (χ0n) is 18.1. The van der Waals surface area contributed by atoms with E-state index in [9.17, 15) is 9.50 Å². The molecule has 1 aromatic heterocycles. The molecule has 1 saturated heterocycles. The van der Waals surface area contributed by atoms with Crippen molar-refractivity contribution >= 4 is 62.8 Å². The van der Waals surface area contributed by atoms with Gasteiger partial charge in [0, 0.05) is 28.2 Å². The van der Waals surface area contributed by atoms with Gasteiger partial charge in [-0.15, -0.1) is 0 Å². The molecule has 34 heavy (non-hydrogen) atoms. The van der Waals surface area contributed by atoms with Gasteiger partial charge in [-0.2, -0.15) is 10.1 Å². The third-order valence-corrected chi connectivity index (χ3v) is 6.77. The minimum absolute atomic E-state index is 0.114. The van der Waals surface area contributed by atoms with Crippen LogP contribution in [0.3, 0.4) is 0 Å². The zero-order chi connectivity index (χ0) is 24.2. The van der Waals surface area contributed by atoms with E-state index < -0.39 is 5.82 Å². The molecule has 1 aliphatic heterocycles. The van der Waals surface area contributed by atoms with Crippen molar-refractivity contribution in [3.63, 3.8) is 0 Å². The Balaban J connectivity index is 1.50. The first-order valence-electron chi connectivity index (χ1n) is 10.5. The van der Waals surface area contributed by atoms with Gasteiger partial charge < -0.3 is 20.1 Å². The van der Waals surface area contributed by atoms with Crippen LogP contribution in [0.5, 0.6) is 5.75 Å². The number of anilines is 3. The van der Waals surface area contributed by atoms with E-state index in [1.54, 1.807) is 11.0 Å². The molecule has 0 radical (unpaired) electrons. The molecule has 4 rings (SSSR count). The highest BCUT2D eigenvalue weighted by Crippen LogP contribution is 2.41. The van der Waals surface area contributed by atoms with Gasteiger partial charge >= 0.3 is 0 Å². The number of rotatable bonds is 6. The fourth-order valence-electron chi connectivity index (χ4n) is 3.57. The van der Waals surface area contributed by atoms with Crippen molar-refractivity contribution in [2.45, 2.75) is 13.0 Å². The summed E-state index contributed by atoms with van der Waals surface area (Å²) in [6, 6.07) is 1.48. The Morgan fingerprint density at radius 1 is 1.35 bits per heavy atom. The third kappa shape index (κ3) is 5.46. The smallest absolute Gasteiger partial charge is 0.245 e. The van der Waals surface area contributed by atoms with Crippen LogP contribution in [0.1, 0.15) is 12.5 Å². The van der Waals surface area contributed by atoms with Crippen LogP contribution in [0.15, 0.2) is 45.1 Å². The van der Waals surface area contributed by atoms with E-state index >= 15 is 0 Å². The van der Waals surface area contributed by atoms with Crippen molar-refractivity contribution in [3.05, 3.63) is 56.4 Å². The molecule has 1 aliphatic carbocycles. The van der Waals surface area contributed by atoms with Crippen molar-refractivity contribution in [1.29, 1.82) is 0 Å². The summed E-state index contributed by atoms with van der Waals surface area (Å²) < 4.78 is 20.1. The van der Waals surface area contributed by atoms with Gasteiger partial charge in [-0.25, -0.2) is 14.8 Å². The van der Waals surface area contributed by atoms with Gasteiger partial charge in [-0.05, 0) is 34.0 Å². The number of benzene rings is 1. The summed E-state index contributed by atoms with van der Waals surface area (Å²) in [5, 5.41) is 18.8. The van der Waals surface area contributed by atoms with Gasteiger partial charge in [-0.3, -0.25) is 0 Å². The summed E-state index contributed by atoms with van der Waals surface area (Å²) in [5.41, 5.74) is 3.53. The minimum Gasteiger partial charge on any atom is -0.506 e. The molecule has 0 bridgehead atoms. The number of halogens is 4. The second kappa shape index (κ2) is 10.9. The summed E-state index contributed by atoms with van der Waals surface area (Å²) in [5.74, 6) is -0.259. The van der Waals surface area contributed by atoms with Crippen LogP contribution in [0.2, 0.25) is 5.02 Å². The molecule has 1 fully saturated rings. The summed E-state index contributed by atoms with van der Waals surface area (Å²) in [7, 11) is 0. The first-order valence-corrected chi connectivity index (χ1v) is 12.1. The maximum absolute atomic E-state index is 14.2. The first kappa shape index (κ1) is 24.7. The second-order valence-corrected chi connectivity index (χ2v) is 9.41. The van der Waals surface area contributed by atoms with E-state index in [1.165, 1.54) is 6.21 Å². The fourth-order valence-corrected chi connectivity index (χ4v) is 4.84. The number of ether oxygens (including phenoxy) is 1. The number of allylic oxidation sites excluding steroid dienone is 2. The lowest BCUT2D eigenvalue weighted by atomic mass is 9.96. The molecule has 1 aromatic carbocycles. The molecule has 2 aromatic rings. The molecule has 2 unspecified atom stereocenters. The minimum atomic E-state index is -0.523. The Labute approximate surface area is 214 Å². The molecule has 3 N–H and O–H groups in total. The Hall–Kier alpha value is -2.40. The highest BCUT2D eigenvalue weighted by Gasteiger charge is 2.24. The predicted octanol–water partition coefficient (Wildman–Crippen LogP) is 5.13. The Morgan fingerprint density at radius 2 is 2.12 bits per heavy atom. The molecule has 0 spiro atoms. The van der Waals surface area contributed by atoms with Crippen molar-refractivity contribution < 1.29 is 14.2 Å². The molecule has 2 heterocycles. The summed E-state index contributed by atoms with van der Waals surface area (Å²) in [4.78, 5) is 9.91. The molecular weight excluding hydrogens is 550 g/mol. The van der Waals surface area contributed by atoms with Crippen LogP contribution in [-0.4, -0.2) is 53.6 Å². The van der Waals surface area contributed by atoms with Crippen LogP contribution in [0, 0.1) is 11.7 Å². The quantitative estimate of drug-likeness (QED) is 0.327. The average Bonchev–Trinajstić information content (AvgIpc) is 2.83. The fraction of sp³-hybridized carbons (Fsp3) is 0.318. The summed E-state index contributed by atoms with van der Waals surface area (Å²) in [6.45, 7) is 4.11. The highest BCUT2D eigenvalue weighted by atomic mass is 79.9. The number of hydrogen-bond acceptors (Lipinski definition) is 8. The van der Waals surface area contributed by atoms with Crippen molar-refractivity contribution in [3.8, 4) is 5.75 Å². The van der Waals surface area contributed by atoms with Crippen LogP contribution in [0.4, 0.5) is 21.8 Å².